The summed E-state index contributed by atoms with van der Waals surface area (Å²) in [5.74, 6) is -0.483. The molecule has 70 valence electrons. The van der Waals surface area contributed by atoms with Gasteiger partial charge in [0.05, 0.1) is 6.67 Å². The van der Waals surface area contributed by atoms with Crippen LogP contribution in [0.2, 0.25) is 0 Å². The summed E-state index contributed by atoms with van der Waals surface area (Å²) in [4.78, 5) is 10.6. The van der Waals surface area contributed by atoms with E-state index in [9.17, 15) is 9.18 Å². The summed E-state index contributed by atoms with van der Waals surface area (Å²) in [6.45, 7) is 2.34. The Bertz CT molecular complexity index is 163. The van der Waals surface area contributed by atoms with E-state index < -0.39 is 6.67 Å². The lowest BCUT2D eigenvalue weighted by Crippen LogP contribution is -2.43. The minimum Gasteiger partial charge on any atom is -0.462 e. The number of esters is 1. The van der Waals surface area contributed by atoms with Crippen LogP contribution < -0.4 is 5.32 Å². The predicted octanol–water partition coefficient (Wildman–Crippen LogP) is 0.497. The molecule has 3 nitrogen and oxygen atoms in total. The molecule has 2 unspecified atom stereocenters. The Balaban J connectivity index is 2.41. The monoisotopic (exact) mass is 175 g/mol. The third kappa shape index (κ3) is 2.44. The first-order valence-corrected chi connectivity index (χ1v) is 4.18. The maximum atomic E-state index is 12.3. The molecule has 0 aromatic rings. The summed E-state index contributed by atoms with van der Waals surface area (Å²) in [6.07, 6.45) is 0.488. The molecule has 1 aliphatic rings. The van der Waals surface area contributed by atoms with E-state index >= 15 is 0 Å². The van der Waals surface area contributed by atoms with Gasteiger partial charge in [-0.1, -0.05) is 0 Å². The molecule has 0 saturated carbocycles. The van der Waals surface area contributed by atoms with Crippen molar-refractivity contribution >= 4 is 5.97 Å². The number of ether oxygens (including phenoxy) is 1. The van der Waals surface area contributed by atoms with Crippen molar-refractivity contribution in [1.29, 1.82) is 0 Å². The molecule has 2 atom stereocenters. The van der Waals surface area contributed by atoms with Gasteiger partial charge in [0.1, 0.15) is 6.10 Å². The van der Waals surface area contributed by atoms with Gasteiger partial charge in [-0.15, -0.1) is 0 Å². The van der Waals surface area contributed by atoms with E-state index in [4.69, 9.17) is 4.74 Å². The fraction of sp³-hybridized carbons (Fsp3) is 0.875. The molecular weight excluding hydrogens is 161 g/mol. The zero-order chi connectivity index (χ0) is 8.97. The fourth-order valence-electron chi connectivity index (χ4n) is 1.42. The summed E-state index contributed by atoms with van der Waals surface area (Å²) in [5.41, 5.74) is 0. The Morgan fingerprint density at radius 1 is 1.75 bits per heavy atom. The summed E-state index contributed by atoms with van der Waals surface area (Å²) >= 11 is 0. The molecule has 0 bridgehead atoms. The van der Waals surface area contributed by atoms with E-state index in [1.54, 1.807) is 0 Å². The minimum atomic E-state index is -0.426. The van der Waals surface area contributed by atoms with Gasteiger partial charge in [-0.3, -0.25) is 9.18 Å². The van der Waals surface area contributed by atoms with Crippen molar-refractivity contribution in [1.82, 2.24) is 5.32 Å². The van der Waals surface area contributed by atoms with Crippen LogP contribution >= 0.6 is 0 Å². The predicted molar refractivity (Wildman–Crippen MR) is 42.5 cm³/mol. The largest absolute Gasteiger partial charge is 0.462 e. The van der Waals surface area contributed by atoms with E-state index in [0.717, 1.165) is 6.54 Å². The molecule has 4 heteroatoms. The van der Waals surface area contributed by atoms with E-state index in [1.807, 2.05) is 0 Å². The van der Waals surface area contributed by atoms with Crippen LogP contribution in [0, 0.1) is 5.92 Å². The standard InChI is InChI=1S/C8H14FNO2/c1-6(11)12-8-2-3-10-5-7(8)4-9/h7-8,10H,2-5H2,1H3. The van der Waals surface area contributed by atoms with Crippen molar-refractivity contribution in [2.24, 2.45) is 5.92 Å². The van der Waals surface area contributed by atoms with Crippen molar-refractivity contribution in [3.05, 3.63) is 0 Å². The Morgan fingerprint density at radius 2 is 2.50 bits per heavy atom. The molecule has 1 saturated heterocycles. The highest BCUT2D eigenvalue weighted by Crippen LogP contribution is 2.15. The summed E-state index contributed by atoms with van der Waals surface area (Å²) < 4.78 is 17.3. The van der Waals surface area contributed by atoms with Gasteiger partial charge >= 0.3 is 5.97 Å². The average Bonchev–Trinajstić information content (AvgIpc) is 2.04. The number of carbonyl (C=O) groups is 1. The molecule has 0 aliphatic carbocycles. The van der Waals surface area contributed by atoms with Gasteiger partial charge in [0, 0.05) is 19.4 Å². The average molecular weight is 175 g/mol. The molecule has 1 heterocycles. The molecule has 1 rings (SSSR count). The van der Waals surface area contributed by atoms with Crippen LogP contribution in [0.15, 0.2) is 0 Å². The summed E-state index contributed by atoms with van der Waals surface area (Å²) in [7, 11) is 0. The molecule has 1 aliphatic heterocycles. The molecule has 0 radical (unpaired) electrons. The van der Waals surface area contributed by atoms with Crippen LogP contribution in [0.25, 0.3) is 0 Å². The highest BCUT2D eigenvalue weighted by molar-refractivity contribution is 5.66. The topological polar surface area (TPSA) is 38.3 Å². The van der Waals surface area contributed by atoms with Gasteiger partial charge in [0.25, 0.3) is 0 Å². The van der Waals surface area contributed by atoms with Gasteiger partial charge < -0.3 is 10.1 Å². The second-order valence-electron chi connectivity index (χ2n) is 3.06. The summed E-state index contributed by atoms with van der Waals surface area (Å²) in [5, 5.41) is 3.06. The number of hydrogen-bond acceptors (Lipinski definition) is 3. The third-order valence-corrected chi connectivity index (χ3v) is 2.05. The van der Waals surface area contributed by atoms with Crippen LogP contribution in [0.1, 0.15) is 13.3 Å². The SMILES string of the molecule is CC(=O)OC1CCNCC1CF. The smallest absolute Gasteiger partial charge is 0.302 e. The lowest BCUT2D eigenvalue weighted by atomic mass is 9.97. The second kappa shape index (κ2) is 4.40. The molecule has 0 amide bonds. The molecule has 1 N–H and O–H groups in total. The zero-order valence-corrected chi connectivity index (χ0v) is 7.18. The van der Waals surface area contributed by atoms with E-state index in [-0.39, 0.29) is 18.0 Å². The number of alkyl halides is 1. The number of carbonyl (C=O) groups excluding carboxylic acids is 1. The maximum Gasteiger partial charge on any atom is 0.302 e. The van der Waals surface area contributed by atoms with Crippen LogP contribution in [0.3, 0.4) is 0 Å². The second-order valence-corrected chi connectivity index (χ2v) is 3.06. The molecular formula is C8H14FNO2. The van der Waals surface area contributed by atoms with E-state index in [2.05, 4.69) is 5.32 Å². The van der Waals surface area contributed by atoms with Crippen LogP contribution in [-0.2, 0) is 9.53 Å². The Morgan fingerprint density at radius 3 is 3.08 bits per heavy atom. The maximum absolute atomic E-state index is 12.3. The van der Waals surface area contributed by atoms with Crippen LogP contribution in [0.4, 0.5) is 4.39 Å². The number of nitrogens with one attached hydrogen (secondary N) is 1. The van der Waals surface area contributed by atoms with E-state index in [0.29, 0.717) is 13.0 Å². The Hall–Kier alpha value is -0.640. The summed E-state index contributed by atoms with van der Waals surface area (Å²) in [6, 6.07) is 0. The van der Waals surface area contributed by atoms with Crippen molar-refractivity contribution in [2.45, 2.75) is 19.4 Å². The van der Waals surface area contributed by atoms with Gasteiger partial charge in [0.2, 0.25) is 0 Å². The lowest BCUT2D eigenvalue weighted by molar-refractivity contribution is -0.150. The van der Waals surface area contributed by atoms with Gasteiger partial charge in [-0.2, -0.15) is 0 Å². The highest BCUT2D eigenvalue weighted by atomic mass is 19.1. The molecule has 0 aromatic heterocycles. The zero-order valence-electron chi connectivity index (χ0n) is 7.18. The van der Waals surface area contributed by atoms with Gasteiger partial charge in [-0.25, -0.2) is 0 Å². The fourth-order valence-corrected chi connectivity index (χ4v) is 1.42. The van der Waals surface area contributed by atoms with Crippen LogP contribution in [0.5, 0.6) is 0 Å². The number of rotatable bonds is 2. The van der Waals surface area contributed by atoms with Gasteiger partial charge in [-0.05, 0) is 13.0 Å². The van der Waals surface area contributed by atoms with Crippen LogP contribution in [-0.4, -0.2) is 31.8 Å². The van der Waals surface area contributed by atoms with Crippen molar-refractivity contribution in [3.8, 4) is 0 Å². The molecule has 0 spiro atoms. The minimum absolute atomic E-state index is 0.164. The Labute approximate surface area is 71.3 Å². The molecule has 12 heavy (non-hydrogen) atoms. The highest BCUT2D eigenvalue weighted by Gasteiger charge is 2.26. The first-order chi connectivity index (χ1) is 5.74. The van der Waals surface area contributed by atoms with Crippen molar-refractivity contribution in [3.63, 3.8) is 0 Å². The molecule has 1 fully saturated rings. The Kier molecular flexibility index (Phi) is 3.47. The van der Waals surface area contributed by atoms with Crippen molar-refractivity contribution in [2.75, 3.05) is 19.8 Å². The number of halogens is 1. The third-order valence-electron chi connectivity index (χ3n) is 2.05. The number of hydrogen-bond donors (Lipinski definition) is 1. The lowest BCUT2D eigenvalue weighted by Gasteiger charge is -2.29. The molecule has 0 aromatic carbocycles. The number of piperidine rings is 1. The first-order valence-electron chi connectivity index (χ1n) is 4.18. The van der Waals surface area contributed by atoms with E-state index in [1.165, 1.54) is 6.92 Å². The van der Waals surface area contributed by atoms with Crippen molar-refractivity contribution < 1.29 is 13.9 Å². The normalized spacial score (nSPS) is 29.8. The first kappa shape index (κ1) is 9.45. The van der Waals surface area contributed by atoms with Gasteiger partial charge in [0.15, 0.2) is 0 Å². The quantitative estimate of drug-likeness (QED) is 0.621.